The SMILES string of the molecule is CC(C)Cc1c(B2c3ccccc3C(C)c3cccc(C(C)C)c32)cc(C(=O)O)cc1C(=O)O. The Kier molecular flexibility index (Phi) is 6.40. The van der Waals surface area contributed by atoms with E-state index in [1.165, 1.54) is 28.2 Å². The third-order valence-corrected chi connectivity index (χ3v) is 7.01. The van der Waals surface area contributed by atoms with Crippen LogP contribution in [0, 0.1) is 5.92 Å². The Hall–Kier alpha value is -3.34. The van der Waals surface area contributed by atoms with Gasteiger partial charge in [0.05, 0.1) is 11.1 Å². The number of rotatable bonds is 6. The summed E-state index contributed by atoms with van der Waals surface area (Å²) in [5.74, 6) is -1.53. The maximum atomic E-state index is 12.3. The van der Waals surface area contributed by atoms with Crippen LogP contribution in [0.4, 0.5) is 0 Å². The Morgan fingerprint density at radius 3 is 2.18 bits per heavy atom. The van der Waals surface area contributed by atoms with Crippen LogP contribution >= 0.6 is 0 Å². The fourth-order valence-corrected chi connectivity index (χ4v) is 5.53. The van der Waals surface area contributed by atoms with E-state index in [1.807, 2.05) is 12.1 Å². The molecule has 4 rings (SSSR count). The molecule has 1 unspecified atom stereocenters. The molecule has 0 fully saturated rings. The van der Waals surface area contributed by atoms with Gasteiger partial charge in [0.1, 0.15) is 0 Å². The first-order valence-corrected chi connectivity index (χ1v) is 12.0. The number of hydrogen-bond acceptors (Lipinski definition) is 2. The molecule has 0 amide bonds. The zero-order chi connectivity index (χ0) is 24.7. The average Bonchev–Trinajstić information content (AvgIpc) is 2.78. The topological polar surface area (TPSA) is 74.6 Å². The van der Waals surface area contributed by atoms with E-state index in [-0.39, 0.29) is 35.6 Å². The van der Waals surface area contributed by atoms with Crippen molar-refractivity contribution in [3.05, 3.63) is 88.0 Å². The van der Waals surface area contributed by atoms with Gasteiger partial charge in [0.15, 0.2) is 0 Å². The van der Waals surface area contributed by atoms with Crippen molar-refractivity contribution in [1.29, 1.82) is 0 Å². The maximum absolute atomic E-state index is 12.3. The second kappa shape index (κ2) is 9.13. The monoisotopic (exact) mass is 454 g/mol. The highest BCUT2D eigenvalue weighted by molar-refractivity contribution is 6.97. The number of carbonyl (C=O) groups is 2. The molecule has 0 saturated carbocycles. The first-order chi connectivity index (χ1) is 16.1. The Bertz CT molecular complexity index is 1280. The van der Waals surface area contributed by atoms with E-state index in [9.17, 15) is 19.8 Å². The Morgan fingerprint density at radius 1 is 0.882 bits per heavy atom. The van der Waals surface area contributed by atoms with Crippen LogP contribution in [0.3, 0.4) is 0 Å². The Labute approximate surface area is 201 Å². The smallest absolute Gasteiger partial charge is 0.335 e. The first kappa shape index (κ1) is 23.8. The van der Waals surface area contributed by atoms with E-state index in [2.05, 4.69) is 65.0 Å². The molecular formula is C29H31BO4. The van der Waals surface area contributed by atoms with Crippen LogP contribution in [0.2, 0.25) is 0 Å². The summed E-state index contributed by atoms with van der Waals surface area (Å²) in [4.78, 5) is 24.4. The van der Waals surface area contributed by atoms with E-state index in [0.717, 1.165) is 16.5 Å². The van der Waals surface area contributed by atoms with Crippen LogP contribution in [0.25, 0.3) is 0 Å². The molecule has 0 saturated heterocycles. The highest BCUT2D eigenvalue weighted by Gasteiger charge is 2.38. The molecule has 3 aromatic rings. The highest BCUT2D eigenvalue weighted by Crippen LogP contribution is 2.30. The molecule has 4 nitrogen and oxygen atoms in total. The van der Waals surface area contributed by atoms with Gasteiger partial charge >= 0.3 is 11.9 Å². The third kappa shape index (κ3) is 4.04. The van der Waals surface area contributed by atoms with Crippen LogP contribution in [0.15, 0.2) is 54.6 Å². The maximum Gasteiger partial charge on any atom is 0.335 e. The largest absolute Gasteiger partial charge is 0.478 e. The van der Waals surface area contributed by atoms with Gasteiger partial charge in [-0.1, -0.05) is 99.5 Å². The normalized spacial score (nSPS) is 14.8. The lowest BCUT2D eigenvalue weighted by molar-refractivity contribution is 0.0695. The van der Waals surface area contributed by atoms with E-state index in [0.29, 0.717) is 6.42 Å². The van der Waals surface area contributed by atoms with Crippen molar-refractivity contribution in [2.45, 2.75) is 52.9 Å². The number of benzene rings is 3. The summed E-state index contributed by atoms with van der Waals surface area (Å²) < 4.78 is 0. The molecule has 0 aliphatic carbocycles. The lowest BCUT2D eigenvalue weighted by Gasteiger charge is -2.35. The van der Waals surface area contributed by atoms with Gasteiger partial charge in [-0.25, -0.2) is 9.59 Å². The molecule has 174 valence electrons. The molecule has 0 radical (unpaired) electrons. The van der Waals surface area contributed by atoms with Gasteiger partial charge in [0.2, 0.25) is 6.71 Å². The van der Waals surface area contributed by atoms with Gasteiger partial charge < -0.3 is 10.2 Å². The van der Waals surface area contributed by atoms with Crippen LogP contribution in [-0.4, -0.2) is 28.9 Å². The highest BCUT2D eigenvalue weighted by atomic mass is 16.4. The number of hydrogen-bond donors (Lipinski definition) is 2. The van der Waals surface area contributed by atoms with Crippen molar-refractivity contribution >= 4 is 35.0 Å². The lowest BCUT2D eigenvalue weighted by Crippen LogP contribution is -2.60. The summed E-state index contributed by atoms with van der Waals surface area (Å²) in [5, 5.41) is 20.0. The zero-order valence-electron chi connectivity index (χ0n) is 20.4. The van der Waals surface area contributed by atoms with Gasteiger partial charge in [-0.15, -0.1) is 0 Å². The summed E-state index contributed by atoms with van der Waals surface area (Å²) in [6, 6.07) is 17.7. The second-order valence-electron chi connectivity index (χ2n) is 10.1. The summed E-state index contributed by atoms with van der Waals surface area (Å²) in [7, 11) is 0. The number of carboxylic acid groups (broad SMARTS) is 2. The first-order valence-electron chi connectivity index (χ1n) is 12.0. The van der Waals surface area contributed by atoms with Crippen LogP contribution < -0.4 is 16.4 Å². The summed E-state index contributed by atoms with van der Waals surface area (Å²) in [5.41, 5.74) is 7.58. The minimum atomic E-state index is -1.12. The predicted molar refractivity (Wildman–Crippen MR) is 138 cm³/mol. The molecule has 1 aliphatic heterocycles. The van der Waals surface area contributed by atoms with Crippen molar-refractivity contribution in [2.24, 2.45) is 5.92 Å². The fraction of sp³-hybridized carbons (Fsp3) is 0.310. The molecule has 0 aromatic heterocycles. The standard InChI is InChI=1S/C29H31BO4/c1-16(2)13-23-24(29(33)34)14-19(28(31)32)15-26(23)30-25-12-7-6-9-21(25)18(5)22-11-8-10-20(17(3)4)27(22)30/h6-12,14-18H,13H2,1-5H3,(H,31,32)(H,33,34). The molecule has 0 spiro atoms. The van der Waals surface area contributed by atoms with Crippen molar-refractivity contribution in [2.75, 3.05) is 0 Å². The lowest BCUT2D eigenvalue weighted by atomic mass is 9.31. The van der Waals surface area contributed by atoms with Gasteiger partial charge in [-0.3, -0.25) is 0 Å². The Balaban J connectivity index is 2.16. The van der Waals surface area contributed by atoms with Gasteiger partial charge in [-0.2, -0.15) is 0 Å². The van der Waals surface area contributed by atoms with Gasteiger partial charge in [0, 0.05) is 5.92 Å². The molecule has 1 heterocycles. The number of aromatic carboxylic acids is 2. The number of carboxylic acids is 2. The van der Waals surface area contributed by atoms with Crippen LogP contribution in [-0.2, 0) is 6.42 Å². The molecule has 2 N–H and O–H groups in total. The molecular weight excluding hydrogens is 423 g/mol. The average molecular weight is 454 g/mol. The van der Waals surface area contributed by atoms with Gasteiger partial charge in [0.25, 0.3) is 0 Å². The zero-order valence-corrected chi connectivity index (χ0v) is 20.4. The molecule has 5 heteroatoms. The van der Waals surface area contributed by atoms with Crippen molar-refractivity contribution in [1.82, 2.24) is 0 Å². The summed E-state index contributed by atoms with van der Waals surface area (Å²) >= 11 is 0. The third-order valence-electron chi connectivity index (χ3n) is 7.01. The van der Waals surface area contributed by atoms with E-state index in [4.69, 9.17) is 0 Å². The van der Waals surface area contributed by atoms with Crippen molar-refractivity contribution < 1.29 is 19.8 Å². The molecule has 34 heavy (non-hydrogen) atoms. The quantitative estimate of drug-likeness (QED) is 0.542. The van der Waals surface area contributed by atoms with E-state index < -0.39 is 11.9 Å². The molecule has 3 aromatic carbocycles. The second-order valence-corrected chi connectivity index (χ2v) is 10.1. The van der Waals surface area contributed by atoms with Crippen LogP contribution in [0.5, 0.6) is 0 Å². The molecule has 1 aliphatic rings. The van der Waals surface area contributed by atoms with Crippen molar-refractivity contribution in [3.8, 4) is 0 Å². The van der Waals surface area contributed by atoms with Crippen LogP contribution in [0.1, 0.15) is 89.4 Å². The van der Waals surface area contributed by atoms with E-state index in [1.54, 1.807) is 6.07 Å². The molecule has 0 bridgehead atoms. The minimum Gasteiger partial charge on any atom is -0.478 e. The summed E-state index contributed by atoms with van der Waals surface area (Å²) in [6.07, 6.45) is 0.560. The van der Waals surface area contributed by atoms with Gasteiger partial charge in [-0.05, 0) is 46.6 Å². The summed E-state index contributed by atoms with van der Waals surface area (Å²) in [6.45, 7) is 10.4. The van der Waals surface area contributed by atoms with Crippen molar-refractivity contribution in [3.63, 3.8) is 0 Å². The number of fused-ring (bicyclic) bond motifs is 2. The molecule has 1 atom stereocenters. The van der Waals surface area contributed by atoms with E-state index >= 15 is 0 Å². The minimum absolute atomic E-state index is 0.0135. The fourth-order valence-electron chi connectivity index (χ4n) is 5.53. The predicted octanol–water partition coefficient (Wildman–Crippen LogP) is 4.39. The Morgan fingerprint density at radius 2 is 1.56 bits per heavy atom.